The zero-order valence-corrected chi connectivity index (χ0v) is 13.6. The number of aliphatic hydroxyl groups is 3. The van der Waals surface area contributed by atoms with Crippen molar-refractivity contribution in [2.75, 3.05) is 32.2 Å². The second-order valence-electron chi connectivity index (χ2n) is 5.10. The van der Waals surface area contributed by atoms with Crippen LogP contribution in [0.3, 0.4) is 0 Å². The van der Waals surface area contributed by atoms with Crippen molar-refractivity contribution in [1.29, 1.82) is 0 Å². The van der Waals surface area contributed by atoms with Crippen LogP contribution in [0.5, 0.6) is 5.75 Å². The van der Waals surface area contributed by atoms with Gasteiger partial charge in [-0.15, -0.1) is 11.3 Å². The monoisotopic (exact) mass is 341 g/mol. The van der Waals surface area contributed by atoms with Crippen molar-refractivity contribution in [2.45, 2.75) is 12.5 Å². The number of ether oxygens (including phenoxy) is 1. The Balaban J connectivity index is 2.12. The molecule has 1 aromatic carbocycles. The van der Waals surface area contributed by atoms with Gasteiger partial charge in [0.15, 0.2) is 0 Å². The number of hydrogen-bond donors (Lipinski definition) is 5. The van der Waals surface area contributed by atoms with Gasteiger partial charge < -0.3 is 30.7 Å². The van der Waals surface area contributed by atoms with Crippen LogP contribution in [0.4, 0.5) is 10.5 Å². The lowest BCUT2D eigenvalue weighted by Crippen LogP contribution is -2.49. The number of aliphatic hydroxyl groups excluding tert-OH is 2. The molecule has 0 aliphatic carbocycles. The summed E-state index contributed by atoms with van der Waals surface area (Å²) in [5.41, 5.74) is -0.525. The van der Waals surface area contributed by atoms with Gasteiger partial charge in [0.25, 0.3) is 0 Å². The van der Waals surface area contributed by atoms with Crippen LogP contribution >= 0.6 is 11.3 Å². The molecule has 23 heavy (non-hydrogen) atoms. The molecule has 0 unspecified atom stereocenters. The van der Waals surface area contributed by atoms with E-state index in [0.29, 0.717) is 11.4 Å². The number of aromatic nitrogens is 1. The second kappa shape index (κ2) is 7.09. The van der Waals surface area contributed by atoms with Crippen molar-refractivity contribution in [3.05, 3.63) is 17.1 Å². The Morgan fingerprint density at radius 2 is 2.09 bits per heavy atom. The largest absolute Gasteiger partial charge is 0.494 e. The molecule has 0 aliphatic rings. The Morgan fingerprint density at radius 3 is 2.70 bits per heavy atom. The van der Waals surface area contributed by atoms with E-state index in [2.05, 4.69) is 15.6 Å². The second-order valence-corrected chi connectivity index (χ2v) is 6.34. The summed E-state index contributed by atoms with van der Waals surface area (Å²) in [6, 6.07) is 2.89. The number of hydrogen-bond acceptors (Lipinski definition) is 7. The van der Waals surface area contributed by atoms with Crippen molar-refractivity contribution in [3.8, 4) is 5.75 Å². The first-order chi connectivity index (χ1) is 10.9. The highest BCUT2D eigenvalue weighted by Crippen LogP contribution is 2.32. The highest BCUT2D eigenvalue weighted by molar-refractivity contribution is 7.18. The summed E-state index contributed by atoms with van der Waals surface area (Å²) in [4.78, 5) is 16.3. The molecule has 5 N–H and O–H groups in total. The van der Waals surface area contributed by atoms with E-state index >= 15 is 0 Å². The minimum Gasteiger partial charge on any atom is -0.494 e. The van der Waals surface area contributed by atoms with Crippen molar-refractivity contribution in [1.82, 2.24) is 10.3 Å². The highest BCUT2D eigenvalue weighted by atomic mass is 32.1. The van der Waals surface area contributed by atoms with Gasteiger partial charge >= 0.3 is 6.03 Å². The van der Waals surface area contributed by atoms with E-state index in [1.165, 1.54) is 18.4 Å². The molecule has 0 saturated carbocycles. The molecule has 1 heterocycles. The summed E-state index contributed by atoms with van der Waals surface area (Å²) in [6.45, 7) is 0.260. The summed E-state index contributed by atoms with van der Waals surface area (Å²) in [6.07, 6.45) is 0. The maximum Gasteiger partial charge on any atom is 0.319 e. The first-order valence-corrected chi connectivity index (χ1v) is 7.66. The summed E-state index contributed by atoms with van der Waals surface area (Å²) in [5.74, 6) is 0.456. The van der Waals surface area contributed by atoms with E-state index in [9.17, 15) is 9.90 Å². The van der Waals surface area contributed by atoms with Gasteiger partial charge in [0, 0.05) is 6.07 Å². The minimum absolute atomic E-state index is 0.296. The number of urea groups is 1. The molecule has 0 saturated heterocycles. The van der Waals surface area contributed by atoms with Crippen LogP contribution in [0.1, 0.15) is 5.01 Å². The Hall–Kier alpha value is -1.94. The Morgan fingerprint density at radius 1 is 1.39 bits per heavy atom. The molecule has 2 rings (SSSR count). The number of carbonyl (C=O) groups excluding carboxylic acids is 1. The molecule has 0 atom stereocenters. The van der Waals surface area contributed by atoms with E-state index in [1.807, 2.05) is 6.92 Å². The number of anilines is 1. The lowest BCUT2D eigenvalue weighted by Gasteiger charge is -2.23. The quantitative estimate of drug-likeness (QED) is 0.520. The van der Waals surface area contributed by atoms with Crippen molar-refractivity contribution >= 4 is 33.3 Å². The standard InChI is InChI=1S/C14H19N3O5S/c1-8-16-10-3-11(22-2)9(4-12(10)23-8)17-13(20)15-5-14(21,6-18)7-19/h3-4,18-19,21H,5-7H2,1-2H3,(H2,15,17,20). The Kier molecular flexibility index (Phi) is 5.37. The van der Waals surface area contributed by atoms with Crippen LogP contribution in [0.25, 0.3) is 10.2 Å². The molecule has 2 aromatic rings. The molecule has 0 radical (unpaired) electrons. The van der Waals surface area contributed by atoms with Crippen LogP contribution in [0, 0.1) is 6.92 Å². The van der Waals surface area contributed by atoms with Crippen LogP contribution < -0.4 is 15.4 Å². The van der Waals surface area contributed by atoms with Crippen molar-refractivity contribution in [3.63, 3.8) is 0 Å². The smallest absolute Gasteiger partial charge is 0.319 e. The minimum atomic E-state index is -1.76. The van der Waals surface area contributed by atoms with Crippen LogP contribution in [0.2, 0.25) is 0 Å². The fourth-order valence-electron chi connectivity index (χ4n) is 1.91. The van der Waals surface area contributed by atoms with Crippen molar-refractivity contribution in [2.24, 2.45) is 0 Å². The number of nitrogens with one attached hydrogen (secondary N) is 2. The predicted octanol–water partition coefficient (Wildman–Crippen LogP) is 0.451. The predicted molar refractivity (Wildman–Crippen MR) is 87.1 cm³/mol. The van der Waals surface area contributed by atoms with E-state index < -0.39 is 24.8 Å². The molecular formula is C14H19N3O5S. The number of benzene rings is 1. The van der Waals surface area contributed by atoms with E-state index in [4.69, 9.17) is 14.9 Å². The lowest BCUT2D eigenvalue weighted by molar-refractivity contribution is -0.0507. The summed E-state index contributed by atoms with van der Waals surface area (Å²) in [5, 5.41) is 33.6. The maximum absolute atomic E-state index is 11.9. The molecule has 126 valence electrons. The molecule has 2 amide bonds. The SMILES string of the molecule is COc1cc2nc(C)sc2cc1NC(=O)NCC(O)(CO)CO. The van der Waals surface area contributed by atoms with Gasteiger partial charge in [-0.3, -0.25) is 0 Å². The number of rotatable bonds is 6. The highest BCUT2D eigenvalue weighted by Gasteiger charge is 2.25. The average molecular weight is 341 g/mol. The average Bonchev–Trinajstić information content (AvgIpc) is 2.90. The molecule has 8 nitrogen and oxygen atoms in total. The third-order valence-electron chi connectivity index (χ3n) is 3.23. The van der Waals surface area contributed by atoms with Gasteiger partial charge in [0.2, 0.25) is 0 Å². The van der Waals surface area contributed by atoms with Gasteiger partial charge in [-0.1, -0.05) is 0 Å². The molecular weight excluding hydrogens is 322 g/mol. The number of fused-ring (bicyclic) bond motifs is 1. The van der Waals surface area contributed by atoms with Crippen molar-refractivity contribution < 1.29 is 24.9 Å². The third-order valence-corrected chi connectivity index (χ3v) is 4.17. The fourth-order valence-corrected chi connectivity index (χ4v) is 2.76. The molecule has 0 spiro atoms. The van der Waals surface area contributed by atoms with Gasteiger partial charge in [-0.2, -0.15) is 0 Å². The van der Waals surface area contributed by atoms with E-state index in [0.717, 1.165) is 15.2 Å². The normalized spacial score (nSPS) is 11.5. The topological polar surface area (TPSA) is 124 Å². The molecule has 0 fully saturated rings. The van der Waals surface area contributed by atoms with Crippen LogP contribution in [0.15, 0.2) is 12.1 Å². The van der Waals surface area contributed by atoms with Crippen LogP contribution in [-0.4, -0.2) is 58.8 Å². The fraction of sp³-hybridized carbons (Fsp3) is 0.429. The van der Waals surface area contributed by atoms with Gasteiger partial charge in [0.1, 0.15) is 11.4 Å². The number of thiazole rings is 1. The number of nitrogens with zero attached hydrogens (tertiary/aromatic N) is 1. The van der Waals surface area contributed by atoms with Gasteiger partial charge in [-0.05, 0) is 13.0 Å². The summed E-state index contributed by atoms with van der Waals surface area (Å²) < 4.78 is 6.15. The molecule has 0 bridgehead atoms. The van der Waals surface area contributed by atoms with Gasteiger partial charge in [0.05, 0.1) is 47.8 Å². The van der Waals surface area contributed by atoms with E-state index in [1.54, 1.807) is 12.1 Å². The molecule has 1 aromatic heterocycles. The number of methoxy groups -OCH3 is 1. The lowest BCUT2D eigenvalue weighted by atomic mass is 10.1. The maximum atomic E-state index is 11.9. The van der Waals surface area contributed by atoms with E-state index in [-0.39, 0.29) is 6.54 Å². The number of aryl methyl sites for hydroxylation is 1. The Bertz CT molecular complexity index is 699. The number of carbonyl (C=O) groups is 1. The molecule has 0 aliphatic heterocycles. The zero-order chi connectivity index (χ0) is 17.0. The number of amides is 2. The summed E-state index contributed by atoms with van der Waals surface area (Å²) >= 11 is 1.49. The Labute approximate surface area is 136 Å². The first kappa shape index (κ1) is 17.4. The zero-order valence-electron chi connectivity index (χ0n) is 12.8. The molecule has 9 heteroatoms. The summed E-state index contributed by atoms with van der Waals surface area (Å²) in [7, 11) is 1.49. The first-order valence-electron chi connectivity index (χ1n) is 6.85. The van der Waals surface area contributed by atoms with Crippen LogP contribution in [-0.2, 0) is 0 Å². The van der Waals surface area contributed by atoms with Gasteiger partial charge in [-0.25, -0.2) is 9.78 Å². The third kappa shape index (κ3) is 4.08.